The molecule has 4 rings (SSSR count). The van der Waals surface area contributed by atoms with E-state index in [2.05, 4.69) is 4.90 Å². The van der Waals surface area contributed by atoms with Crippen LogP contribution in [-0.2, 0) is 6.54 Å². The highest BCUT2D eigenvalue weighted by Gasteiger charge is 2.27. The molecule has 3 aromatic carbocycles. The van der Waals surface area contributed by atoms with Crippen LogP contribution in [0, 0.1) is 5.92 Å². The summed E-state index contributed by atoms with van der Waals surface area (Å²) < 4.78 is 5.27. The Morgan fingerprint density at radius 2 is 1.89 bits per heavy atom. The number of Topliss-reactive ketones (excluding diaryl/α,β-unsaturated/α-hetero) is 1. The van der Waals surface area contributed by atoms with E-state index in [1.807, 2.05) is 54.6 Å². The van der Waals surface area contributed by atoms with Crippen molar-refractivity contribution in [2.45, 2.75) is 19.4 Å². The average Bonchev–Trinajstić information content (AvgIpc) is 2.74. The average molecular weight is 375 g/mol. The standard InChI is InChI=1S/C24H25NO3/c1-28-22-11-10-17-13-19(9-8-18(17)14-22)24(27)21-6-4-12-25(16-21)15-20-5-2-3-7-23(20)26/h2-3,5,7-11,13-14,21,26H,4,6,12,15-16H2,1H3. The van der Waals surface area contributed by atoms with E-state index in [0.29, 0.717) is 12.3 Å². The minimum absolute atomic E-state index is 0.00435. The Morgan fingerprint density at radius 1 is 1.11 bits per heavy atom. The zero-order chi connectivity index (χ0) is 19.5. The lowest BCUT2D eigenvalue weighted by Gasteiger charge is -2.32. The molecule has 0 saturated carbocycles. The number of phenolic OH excluding ortho intramolecular Hbond substituents is 1. The van der Waals surface area contributed by atoms with E-state index < -0.39 is 0 Å². The fourth-order valence-electron chi connectivity index (χ4n) is 4.04. The van der Waals surface area contributed by atoms with Crippen LogP contribution in [0.1, 0.15) is 28.8 Å². The van der Waals surface area contributed by atoms with Gasteiger partial charge in [0.15, 0.2) is 5.78 Å². The first-order valence-corrected chi connectivity index (χ1v) is 9.75. The fourth-order valence-corrected chi connectivity index (χ4v) is 4.04. The summed E-state index contributed by atoms with van der Waals surface area (Å²) in [5.74, 6) is 1.34. The number of hydrogen-bond acceptors (Lipinski definition) is 4. The minimum Gasteiger partial charge on any atom is -0.508 e. The van der Waals surface area contributed by atoms with E-state index in [-0.39, 0.29) is 11.7 Å². The Labute approximate surface area is 165 Å². The van der Waals surface area contributed by atoms with Crippen LogP contribution in [0.5, 0.6) is 11.5 Å². The lowest BCUT2D eigenvalue weighted by molar-refractivity contribution is 0.0811. The summed E-state index contributed by atoms with van der Waals surface area (Å²) in [5, 5.41) is 12.1. The third-order valence-electron chi connectivity index (χ3n) is 5.59. The number of hydrogen-bond donors (Lipinski definition) is 1. The molecule has 4 heteroatoms. The van der Waals surface area contributed by atoms with Crippen LogP contribution >= 0.6 is 0 Å². The first-order chi connectivity index (χ1) is 13.6. The van der Waals surface area contributed by atoms with Crippen LogP contribution in [0.15, 0.2) is 60.7 Å². The Bertz CT molecular complexity index is 998. The molecule has 1 aliphatic rings. The summed E-state index contributed by atoms with van der Waals surface area (Å²) in [6.07, 6.45) is 1.91. The number of carbonyl (C=O) groups is 1. The summed E-state index contributed by atoms with van der Waals surface area (Å²) in [4.78, 5) is 15.4. The van der Waals surface area contributed by atoms with Crippen molar-refractivity contribution in [1.29, 1.82) is 0 Å². The van der Waals surface area contributed by atoms with Crippen LogP contribution in [0.4, 0.5) is 0 Å². The number of para-hydroxylation sites is 1. The fraction of sp³-hybridized carbons (Fsp3) is 0.292. The van der Waals surface area contributed by atoms with Gasteiger partial charge >= 0.3 is 0 Å². The van der Waals surface area contributed by atoms with Crippen molar-refractivity contribution in [2.75, 3.05) is 20.2 Å². The summed E-state index contributed by atoms with van der Waals surface area (Å²) in [6.45, 7) is 2.36. The maximum atomic E-state index is 13.1. The SMILES string of the molecule is COc1ccc2cc(C(=O)C3CCCN(Cc4ccccc4O)C3)ccc2c1. The molecule has 4 nitrogen and oxygen atoms in total. The monoisotopic (exact) mass is 375 g/mol. The van der Waals surface area contributed by atoms with Crippen molar-refractivity contribution in [3.8, 4) is 11.5 Å². The Kier molecular flexibility index (Phi) is 5.31. The lowest BCUT2D eigenvalue weighted by Crippen LogP contribution is -2.38. The Morgan fingerprint density at radius 3 is 2.71 bits per heavy atom. The summed E-state index contributed by atoms with van der Waals surface area (Å²) >= 11 is 0. The van der Waals surface area contributed by atoms with Gasteiger partial charge in [0.1, 0.15) is 11.5 Å². The minimum atomic E-state index is -0.00435. The number of rotatable bonds is 5. The third-order valence-corrected chi connectivity index (χ3v) is 5.59. The number of benzene rings is 3. The van der Waals surface area contributed by atoms with Gasteiger partial charge in [-0.3, -0.25) is 9.69 Å². The molecule has 0 spiro atoms. The Hall–Kier alpha value is -2.85. The number of carbonyl (C=O) groups excluding carboxylic acids is 1. The quantitative estimate of drug-likeness (QED) is 0.660. The molecule has 1 N–H and O–H groups in total. The molecule has 1 aliphatic heterocycles. The molecule has 0 aromatic heterocycles. The second-order valence-corrected chi connectivity index (χ2v) is 7.50. The highest BCUT2D eigenvalue weighted by atomic mass is 16.5. The zero-order valence-corrected chi connectivity index (χ0v) is 16.1. The van der Waals surface area contributed by atoms with Gasteiger partial charge in [-0.15, -0.1) is 0 Å². The summed E-state index contributed by atoms with van der Waals surface area (Å²) in [7, 11) is 1.66. The van der Waals surface area contributed by atoms with Crippen LogP contribution in [0.2, 0.25) is 0 Å². The molecule has 0 amide bonds. The molecular weight excluding hydrogens is 350 g/mol. The van der Waals surface area contributed by atoms with Gasteiger partial charge in [0.2, 0.25) is 0 Å². The number of ether oxygens (including phenoxy) is 1. The van der Waals surface area contributed by atoms with Gasteiger partial charge < -0.3 is 9.84 Å². The van der Waals surface area contributed by atoms with Crippen LogP contribution in [0.3, 0.4) is 0 Å². The van der Waals surface area contributed by atoms with Gasteiger partial charge in [-0.1, -0.05) is 36.4 Å². The zero-order valence-electron chi connectivity index (χ0n) is 16.1. The van der Waals surface area contributed by atoms with E-state index >= 15 is 0 Å². The molecule has 1 unspecified atom stereocenters. The van der Waals surface area contributed by atoms with Crippen LogP contribution in [-0.4, -0.2) is 36.0 Å². The van der Waals surface area contributed by atoms with Crippen molar-refractivity contribution < 1.29 is 14.6 Å². The van der Waals surface area contributed by atoms with Gasteiger partial charge in [0.05, 0.1) is 7.11 Å². The highest BCUT2D eigenvalue weighted by Crippen LogP contribution is 2.27. The molecular formula is C24H25NO3. The summed E-state index contributed by atoms with van der Waals surface area (Å²) in [6, 6.07) is 19.2. The number of aromatic hydroxyl groups is 1. The molecule has 144 valence electrons. The van der Waals surface area contributed by atoms with Crippen molar-refractivity contribution in [3.63, 3.8) is 0 Å². The van der Waals surface area contributed by atoms with E-state index in [1.165, 1.54) is 0 Å². The Balaban J connectivity index is 1.49. The number of piperidine rings is 1. The number of phenols is 1. The second kappa shape index (κ2) is 8.03. The van der Waals surface area contributed by atoms with Crippen molar-refractivity contribution >= 4 is 16.6 Å². The molecule has 28 heavy (non-hydrogen) atoms. The second-order valence-electron chi connectivity index (χ2n) is 7.50. The van der Waals surface area contributed by atoms with Crippen molar-refractivity contribution in [1.82, 2.24) is 4.90 Å². The first-order valence-electron chi connectivity index (χ1n) is 9.75. The van der Waals surface area contributed by atoms with Crippen molar-refractivity contribution in [2.24, 2.45) is 5.92 Å². The van der Waals surface area contributed by atoms with E-state index in [0.717, 1.165) is 53.6 Å². The maximum absolute atomic E-state index is 13.1. The molecule has 0 radical (unpaired) electrons. The van der Waals surface area contributed by atoms with Gasteiger partial charge in [0, 0.05) is 30.1 Å². The number of likely N-dealkylation sites (tertiary alicyclic amines) is 1. The smallest absolute Gasteiger partial charge is 0.167 e. The van der Waals surface area contributed by atoms with Gasteiger partial charge in [0.25, 0.3) is 0 Å². The summed E-state index contributed by atoms with van der Waals surface area (Å²) in [5.41, 5.74) is 1.68. The number of methoxy groups -OCH3 is 1. The predicted molar refractivity (Wildman–Crippen MR) is 111 cm³/mol. The lowest BCUT2D eigenvalue weighted by atomic mass is 9.89. The molecule has 3 aromatic rings. The first kappa shape index (κ1) is 18.5. The van der Waals surface area contributed by atoms with E-state index in [1.54, 1.807) is 13.2 Å². The molecule has 1 atom stereocenters. The van der Waals surface area contributed by atoms with Crippen LogP contribution in [0.25, 0.3) is 10.8 Å². The molecule has 0 aliphatic carbocycles. The largest absolute Gasteiger partial charge is 0.508 e. The normalized spacial score (nSPS) is 17.5. The molecule has 1 heterocycles. The van der Waals surface area contributed by atoms with Gasteiger partial charge in [-0.25, -0.2) is 0 Å². The maximum Gasteiger partial charge on any atom is 0.167 e. The highest BCUT2D eigenvalue weighted by molar-refractivity contribution is 6.01. The van der Waals surface area contributed by atoms with Crippen molar-refractivity contribution in [3.05, 3.63) is 71.8 Å². The topological polar surface area (TPSA) is 49.8 Å². The van der Waals surface area contributed by atoms with Gasteiger partial charge in [-0.05, 0) is 54.4 Å². The van der Waals surface area contributed by atoms with Crippen LogP contribution < -0.4 is 4.74 Å². The molecule has 0 bridgehead atoms. The molecule has 1 fully saturated rings. The van der Waals surface area contributed by atoms with Gasteiger partial charge in [-0.2, -0.15) is 0 Å². The van der Waals surface area contributed by atoms with E-state index in [9.17, 15) is 9.90 Å². The third kappa shape index (κ3) is 3.87. The number of ketones is 1. The predicted octanol–water partition coefficient (Wildman–Crippen LogP) is 4.65. The number of nitrogens with zero attached hydrogens (tertiary/aromatic N) is 1. The number of fused-ring (bicyclic) bond motifs is 1. The van der Waals surface area contributed by atoms with E-state index in [4.69, 9.17) is 4.74 Å². The molecule has 1 saturated heterocycles.